The zero-order chi connectivity index (χ0) is 21.1. The first-order chi connectivity index (χ1) is 14.6. The first kappa shape index (κ1) is 19.4. The number of aromatic nitrogens is 3. The molecule has 4 rings (SSSR count). The second-order valence-corrected chi connectivity index (χ2v) is 6.89. The van der Waals surface area contributed by atoms with E-state index < -0.39 is 0 Å². The number of fused-ring (bicyclic) bond motifs is 1. The molecular formula is C23H22N4O3. The number of hydrogen-bond acceptors (Lipinski definition) is 4. The van der Waals surface area contributed by atoms with Crippen molar-refractivity contribution >= 4 is 22.6 Å². The molecule has 0 fully saturated rings. The molecular weight excluding hydrogens is 380 g/mol. The van der Waals surface area contributed by atoms with Crippen molar-refractivity contribution in [2.45, 2.75) is 20.4 Å². The van der Waals surface area contributed by atoms with Gasteiger partial charge in [-0.15, -0.1) is 0 Å². The molecule has 0 aliphatic heterocycles. The fourth-order valence-corrected chi connectivity index (χ4v) is 3.31. The molecule has 7 heteroatoms. The van der Waals surface area contributed by atoms with Crippen molar-refractivity contribution in [3.63, 3.8) is 0 Å². The maximum atomic E-state index is 13.0. The van der Waals surface area contributed by atoms with Crippen LogP contribution in [0, 0.1) is 6.92 Å². The summed E-state index contributed by atoms with van der Waals surface area (Å²) in [5.41, 5.74) is 2.66. The molecule has 0 atom stereocenters. The molecule has 2 aromatic heterocycles. The molecule has 152 valence electrons. The van der Waals surface area contributed by atoms with Gasteiger partial charge < -0.3 is 10.1 Å². The average Bonchev–Trinajstić information content (AvgIpc) is 3.02. The number of carbonyl (C=O) groups excluding carboxylic acids is 1. The van der Waals surface area contributed by atoms with Crippen LogP contribution in [-0.2, 0) is 11.3 Å². The van der Waals surface area contributed by atoms with Gasteiger partial charge in [0.2, 0.25) is 5.91 Å². The van der Waals surface area contributed by atoms with Gasteiger partial charge in [0.05, 0.1) is 17.7 Å². The summed E-state index contributed by atoms with van der Waals surface area (Å²) in [4.78, 5) is 30.2. The Labute approximate surface area is 173 Å². The van der Waals surface area contributed by atoms with Gasteiger partial charge in [-0.2, -0.15) is 0 Å². The molecule has 2 heterocycles. The molecule has 7 nitrogen and oxygen atoms in total. The van der Waals surface area contributed by atoms with Gasteiger partial charge in [0.25, 0.3) is 5.56 Å². The summed E-state index contributed by atoms with van der Waals surface area (Å²) in [7, 11) is 0. The third kappa shape index (κ3) is 3.82. The molecule has 0 bridgehead atoms. The molecule has 0 aliphatic carbocycles. The maximum Gasteiger partial charge on any atom is 0.280 e. The van der Waals surface area contributed by atoms with E-state index in [0.29, 0.717) is 29.0 Å². The lowest BCUT2D eigenvalue weighted by Gasteiger charge is -2.13. The standard InChI is InChI=1S/C23H22N4O3/c1-3-30-19-12-8-17(9-13-19)25-21(28)15-26-22-20(5-4-14-24-22)23(29)27(26)18-10-6-16(2)7-11-18/h4-14H,3,15H2,1-2H3,(H,25,28). The first-order valence-electron chi connectivity index (χ1n) is 9.73. The summed E-state index contributed by atoms with van der Waals surface area (Å²) in [6, 6.07) is 18.2. The SMILES string of the molecule is CCOc1ccc(NC(=O)Cn2c3ncccc3c(=O)n2-c2ccc(C)cc2)cc1. The molecule has 1 N–H and O–H groups in total. The summed E-state index contributed by atoms with van der Waals surface area (Å²) in [6.07, 6.45) is 1.61. The Balaban J connectivity index is 1.67. The molecule has 0 saturated carbocycles. The quantitative estimate of drug-likeness (QED) is 0.535. The highest BCUT2D eigenvalue weighted by molar-refractivity contribution is 5.91. The van der Waals surface area contributed by atoms with Crippen molar-refractivity contribution in [2.24, 2.45) is 0 Å². The lowest BCUT2D eigenvalue weighted by Crippen LogP contribution is -2.27. The van der Waals surface area contributed by atoms with E-state index in [9.17, 15) is 9.59 Å². The van der Waals surface area contributed by atoms with Crippen molar-refractivity contribution in [3.8, 4) is 11.4 Å². The molecule has 0 radical (unpaired) electrons. The number of benzene rings is 2. The predicted molar refractivity (Wildman–Crippen MR) is 116 cm³/mol. The van der Waals surface area contributed by atoms with Crippen molar-refractivity contribution in [3.05, 3.63) is 82.8 Å². The number of ether oxygens (including phenoxy) is 1. The highest BCUT2D eigenvalue weighted by Crippen LogP contribution is 2.17. The van der Waals surface area contributed by atoms with Crippen LogP contribution in [0.1, 0.15) is 12.5 Å². The Hall–Kier alpha value is -3.87. The van der Waals surface area contributed by atoms with Crippen LogP contribution in [0.4, 0.5) is 5.69 Å². The van der Waals surface area contributed by atoms with E-state index in [1.54, 1.807) is 47.3 Å². The number of aryl methyl sites for hydroxylation is 1. The van der Waals surface area contributed by atoms with Gasteiger partial charge in [-0.3, -0.25) is 14.3 Å². The van der Waals surface area contributed by atoms with E-state index in [4.69, 9.17) is 4.74 Å². The van der Waals surface area contributed by atoms with Crippen molar-refractivity contribution in [1.29, 1.82) is 0 Å². The third-order valence-corrected chi connectivity index (χ3v) is 4.72. The van der Waals surface area contributed by atoms with E-state index in [1.165, 1.54) is 4.68 Å². The van der Waals surface area contributed by atoms with Crippen LogP contribution in [0.3, 0.4) is 0 Å². The van der Waals surface area contributed by atoms with Gasteiger partial charge in [0.15, 0.2) is 5.65 Å². The van der Waals surface area contributed by atoms with Crippen LogP contribution in [0.5, 0.6) is 5.75 Å². The van der Waals surface area contributed by atoms with E-state index >= 15 is 0 Å². The second-order valence-electron chi connectivity index (χ2n) is 6.89. The number of amides is 1. The Bertz CT molecular complexity index is 1240. The second kappa shape index (κ2) is 8.24. The van der Waals surface area contributed by atoms with Gasteiger partial charge in [-0.25, -0.2) is 9.67 Å². The molecule has 30 heavy (non-hydrogen) atoms. The van der Waals surface area contributed by atoms with E-state index in [0.717, 1.165) is 11.3 Å². The minimum absolute atomic E-state index is 0.0587. The van der Waals surface area contributed by atoms with Crippen molar-refractivity contribution < 1.29 is 9.53 Å². The van der Waals surface area contributed by atoms with Crippen molar-refractivity contribution in [1.82, 2.24) is 14.3 Å². The first-order valence-corrected chi connectivity index (χ1v) is 9.73. The highest BCUT2D eigenvalue weighted by atomic mass is 16.5. The molecule has 1 amide bonds. The molecule has 0 aliphatic rings. The largest absolute Gasteiger partial charge is 0.494 e. The Kier molecular flexibility index (Phi) is 5.34. The minimum Gasteiger partial charge on any atom is -0.494 e. The summed E-state index contributed by atoms with van der Waals surface area (Å²) < 4.78 is 8.52. The topological polar surface area (TPSA) is 78.2 Å². The monoisotopic (exact) mass is 402 g/mol. The fraction of sp³-hybridized carbons (Fsp3) is 0.174. The third-order valence-electron chi connectivity index (χ3n) is 4.72. The number of nitrogens with one attached hydrogen (secondary N) is 1. The van der Waals surface area contributed by atoms with Gasteiger partial charge in [0.1, 0.15) is 12.3 Å². The van der Waals surface area contributed by atoms with Crippen LogP contribution in [-0.4, -0.2) is 26.9 Å². The molecule has 0 saturated heterocycles. The Morgan fingerprint density at radius 1 is 1.07 bits per heavy atom. The minimum atomic E-state index is -0.262. The Morgan fingerprint density at radius 3 is 2.50 bits per heavy atom. The number of rotatable bonds is 6. The van der Waals surface area contributed by atoms with Gasteiger partial charge in [-0.05, 0) is 62.4 Å². The summed E-state index contributed by atoms with van der Waals surface area (Å²) >= 11 is 0. The van der Waals surface area contributed by atoms with Crippen molar-refractivity contribution in [2.75, 3.05) is 11.9 Å². The number of carbonyl (C=O) groups is 1. The molecule has 0 spiro atoms. The number of pyridine rings is 1. The summed E-state index contributed by atoms with van der Waals surface area (Å²) in [5, 5.41) is 3.33. The van der Waals surface area contributed by atoms with Crippen LogP contribution in [0.15, 0.2) is 71.7 Å². The van der Waals surface area contributed by atoms with Crippen LogP contribution in [0.25, 0.3) is 16.7 Å². The van der Waals surface area contributed by atoms with E-state index in [1.807, 2.05) is 38.1 Å². The van der Waals surface area contributed by atoms with Gasteiger partial charge in [0, 0.05) is 11.9 Å². The molecule has 0 unspecified atom stereocenters. The predicted octanol–water partition coefficient (Wildman–Crippen LogP) is 3.53. The molecule has 4 aromatic rings. The van der Waals surface area contributed by atoms with E-state index in [2.05, 4.69) is 10.3 Å². The maximum absolute atomic E-state index is 13.0. The fourth-order valence-electron chi connectivity index (χ4n) is 3.31. The number of hydrogen-bond donors (Lipinski definition) is 1. The van der Waals surface area contributed by atoms with Gasteiger partial charge in [-0.1, -0.05) is 17.7 Å². The highest BCUT2D eigenvalue weighted by Gasteiger charge is 2.18. The summed E-state index contributed by atoms with van der Waals surface area (Å²) in [5.74, 6) is 0.479. The van der Waals surface area contributed by atoms with E-state index in [-0.39, 0.29) is 18.0 Å². The number of nitrogens with zero attached hydrogens (tertiary/aromatic N) is 3. The average molecular weight is 402 g/mol. The number of anilines is 1. The summed E-state index contributed by atoms with van der Waals surface area (Å²) in [6.45, 7) is 4.42. The van der Waals surface area contributed by atoms with Crippen LogP contribution < -0.4 is 15.6 Å². The normalized spacial score (nSPS) is 10.9. The lowest BCUT2D eigenvalue weighted by molar-refractivity contribution is -0.116. The molecule has 2 aromatic carbocycles. The van der Waals surface area contributed by atoms with Crippen LogP contribution >= 0.6 is 0 Å². The van der Waals surface area contributed by atoms with Gasteiger partial charge >= 0.3 is 0 Å². The smallest absolute Gasteiger partial charge is 0.280 e. The zero-order valence-electron chi connectivity index (χ0n) is 16.8. The lowest BCUT2D eigenvalue weighted by atomic mass is 10.2. The Morgan fingerprint density at radius 2 is 1.80 bits per heavy atom. The van der Waals surface area contributed by atoms with Crippen LogP contribution in [0.2, 0.25) is 0 Å². The zero-order valence-corrected chi connectivity index (χ0v) is 16.8.